The molecule has 0 aliphatic carbocycles. The molecule has 0 saturated carbocycles. The summed E-state index contributed by atoms with van der Waals surface area (Å²) in [5, 5.41) is 22.5. The molecule has 3 aromatic carbocycles. The second kappa shape index (κ2) is 12.3. The summed E-state index contributed by atoms with van der Waals surface area (Å²) >= 11 is 6.09. The maximum atomic E-state index is 13.4. The molecule has 44 heavy (non-hydrogen) atoms. The van der Waals surface area contributed by atoms with Gasteiger partial charge in [-0.05, 0) is 78.7 Å². The number of carbonyl (C=O) groups is 3. The van der Waals surface area contributed by atoms with Gasteiger partial charge < -0.3 is 15.5 Å². The van der Waals surface area contributed by atoms with Crippen LogP contribution in [0.2, 0.25) is 0 Å². The second-order valence-corrected chi connectivity index (χ2v) is 11.2. The van der Waals surface area contributed by atoms with Crippen LogP contribution in [0.5, 0.6) is 5.75 Å². The Kier molecular flexibility index (Phi) is 9.11. The Morgan fingerprint density at radius 3 is 2.11 bits per heavy atom. The molecule has 230 valence electrons. The van der Waals surface area contributed by atoms with Crippen LogP contribution in [0.3, 0.4) is 0 Å². The number of phenolic OH excluding ortho intramolecular Hbond substituents is 1. The van der Waals surface area contributed by atoms with Gasteiger partial charge in [0.25, 0.3) is 5.91 Å². The Morgan fingerprint density at radius 2 is 1.57 bits per heavy atom. The van der Waals surface area contributed by atoms with Crippen molar-refractivity contribution in [1.29, 1.82) is 0 Å². The van der Waals surface area contributed by atoms with E-state index in [1.807, 2.05) is 0 Å². The number of carboxylic acids is 1. The number of nitrogens with zero attached hydrogens (tertiary/aromatic N) is 1. The van der Waals surface area contributed by atoms with Crippen LogP contribution < -0.4 is 5.32 Å². The quantitative estimate of drug-likeness (QED) is 0.139. The van der Waals surface area contributed by atoms with Crippen LogP contribution >= 0.6 is 24.0 Å². The van der Waals surface area contributed by atoms with Crippen LogP contribution in [0.15, 0.2) is 59.5 Å². The molecular weight excluding hydrogens is 634 g/mol. The van der Waals surface area contributed by atoms with Gasteiger partial charge >= 0.3 is 18.3 Å². The first-order valence-corrected chi connectivity index (χ1v) is 13.7. The van der Waals surface area contributed by atoms with Crippen molar-refractivity contribution in [3.8, 4) is 16.9 Å². The lowest BCUT2D eigenvalue weighted by molar-refractivity contribution is -0.143. The van der Waals surface area contributed by atoms with E-state index in [-0.39, 0.29) is 44.9 Å². The fourth-order valence-corrected chi connectivity index (χ4v) is 5.51. The van der Waals surface area contributed by atoms with E-state index in [1.165, 1.54) is 49.4 Å². The molecular formula is C29H20F6N2O5S2. The third-order valence-electron chi connectivity index (χ3n) is 6.32. The SMILES string of the molecule is Cc1cc(/C=C2\SC(=S)N(CCC(=O)Nc3ccc(C(=O)O)cc3)C2=O)c(O)c(-c2cc(C(F)(F)F)cc(C(F)(F)F)c2)c1. The molecule has 1 aliphatic rings. The Morgan fingerprint density at radius 1 is 0.977 bits per heavy atom. The Bertz CT molecular complexity index is 1670. The second-order valence-electron chi connectivity index (χ2n) is 9.56. The molecule has 0 unspecified atom stereocenters. The zero-order valence-electron chi connectivity index (χ0n) is 22.3. The zero-order valence-corrected chi connectivity index (χ0v) is 24.0. The van der Waals surface area contributed by atoms with Crippen LogP contribution in [0.1, 0.15) is 39.0 Å². The number of carbonyl (C=O) groups excluding carboxylic acids is 2. The summed E-state index contributed by atoms with van der Waals surface area (Å²) in [4.78, 5) is 37.6. The van der Waals surface area contributed by atoms with Gasteiger partial charge in [0.1, 0.15) is 10.1 Å². The van der Waals surface area contributed by atoms with Crippen molar-refractivity contribution in [2.75, 3.05) is 11.9 Å². The van der Waals surface area contributed by atoms with Crippen molar-refractivity contribution in [1.82, 2.24) is 4.90 Å². The number of amides is 2. The number of alkyl halides is 6. The number of rotatable bonds is 7. The van der Waals surface area contributed by atoms with Crippen molar-refractivity contribution >= 4 is 57.8 Å². The summed E-state index contributed by atoms with van der Waals surface area (Å²) in [5.41, 5.74) is -3.25. The number of carboxylic acid groups (broad SMARTS) is 1. The molecule has 0 aromatic heterocycles. The van der Waals surface area contributed by atoms with E-state index in [0.29, 0.717) is 23.4 Å². The highest BCUT2D eigenvalue weighted by molar-refractivity contribution is 8.26. The molecule has 1 heterocycles. The first-order chi connectivity index (χ1) is 20.4. The highest BCUT2D eigenvalue weighted by Gasteiger charge is 2.37. The first-order valence-electron chi connectivity index (χ1n) is 12.5. The number of halogens is 6. The number of phenols is 1. The lowest BCUT2D eigenvalue weighted by Gasteiger charge is -2.16. The summed E-state index contributed by atoms with van der Waals surface area (Å²) in [5.74, 6) is -2.90. The maximum Gasteiger partial charge on any atom is 0.416 e. The van der Waals surface area contributed by atoms with Crippen molar-refractivity contribution < 1.29 is 50.9 Å². The number of benzene rings is 3. The van der Waals surface area contributed by atoms with Crippen LogP contribution in [0, 0.1) is 6.92 Å². The van der Waals surface area contributed by atoms with Crippen LogP contribution in [-0.4, -0.2) is 43.8 Å². The summed E-state index contributed by atoms with van der Waals surface area (Å²) in [6.07, 6.45) is -9.15. The molecule has 1 aliphatic heterocycles. The van der Waals surface area contributed by atoms with Gasteiger partial charge in [-0.2, -0.15) is 26.3 Å². The molecule has 0 bridgehead atoms. The summed E-state index contributed by atoms with van der Waals surface area (Å²) < 4.78 is 80.6. The highest BCUT2D eigenvalue weighted by atomic mass is 32.2. The first kappa shape index (κ1) is 32.5. The number of thioether (sulfide) groups is 1. The number of aromatic carboxylic acids is 1. The number of nitrogens with one attached hydrogen (secondary N) is 1. The molecule has 4 rings (SSSR count). The van der Waals surface area contributed by atoms with Gasteiger partial charge in [-0.25, -0.2) is 4.79 Å². The van der Waals surface area contributed by atoms with Gasteiger partial charge in [0.2, 0.25) is 5.91 Å². The lowest BCUT2D eigenvalue weighted by atomic mass is 9.95. The third kappa shape index (κ3) is 7.39. The minimum atomic E-state index is -5.09. The minimum Gasteiger partial charge on any atom is -0.507 e. The van der Waals surface area contributed by atoms with Crippen molar-refractivity contribution in [3.05, 3.63) is 87.3 Å². The summed E-state index contributed by atoms with van der Waals surface area (Å²) in [7, 11) is 0. The van der Waals surface area contributed by atoms with E-state index < -0.39 is 52.6 Å². The molecule has 3 aromatic rings. The number of aryl methyl sites for hydroxylation is 1. The fraction of sp³-hybridized carbons (Fsp3) is 0.172. The standard InChI is InChI=1S/C29H20F6N2O5S2/c1-14-8-17(24(39)21(9-14)16-10-18(28(30,31)32)13-19(11-16)29(33,34)35)12-22-25(40)37(27(43)44-22)7-6-23(38)36-20-4-2-15(3-5-20)26(41)42/h2-5,8-13,39H,6-7H2,1H3,(H,36,38)(H,41,42)/b22-12-. The average Bonchev–Trinajstić information content (AvgIpc) is 3.19. The number of anilines is 1. The fourth-order valence-electron chi connectivity index (χ4n) is 4.21. The van der Waals surface area contributed by atoms with Crippen LogP contribution in [-0.2, 0) is 21.9 Å². The van der Waals surface area contributed by atoms with E-state index in [1.54, 1.807) is 0 Å². The molecule has 2 amide bonds. The number of thiocarbonyl (C=S) groups is 1. The predicted octanol–water partition coefficient (Wildman–Crippen LogP) is 7.33. The molecule has 0 radical (unpaired) electrons. The van der Waals surface area contributed by atoms with Crippen molar-refractivity contribution in [2.24, 2.45) is 0 Å². The lowest BCUT2D eigenvalue weighted by Crippen LogP contribution is -2.31. The van der Waals surface area contributed by atoms with Gasteiger partial charge in [-0.1, -0.05) is 24.0 Å². The molecule has 1 saturated heterocycles. The average molecular weight is 655 g/mol. The molecule has 0 atom stereocenters. The largest absolute Gasteiger partial charge is 0.507 e. The zero-order chi connectivity index (χ0) is 32.6. The predicted molar refractivity (Wildman–Crippen MR) is 155 cm³/mol. The normalized spacial score (nSPS) is 14.8. The number of hydrogen-bond acceptors (Lipinski definition) is 6. The molecule has 1 fully saturated rings. The summed E-state index contributed by atoms with van der Waals surface area (Å²) in [6, 6.07) is 9.01. The number of aromatic hydroxyl groups is 1. The van der Waals surface area contributed by atoms with E-state index in [4.69, 9.17) is 17.3 Å². The number of hydrogen-bond donors (Lipinski definition) is 3. The van der Waals surface area contributed by atoms with Gasteiger partial charge in [0.15, 0.2) is 0 Å². The minimum absolute atomic E-state index is 0.00606. The Hall–Kier alpha value is -4.37. The molecule has 0 spiro atoms. The Labute approximate surface area is 255 Å². The monoisotopic (exact) mass is 654 g/mol. The van der Waals surface area contributed by atoms with E-state index >= 15 is 0 Å². The topological polar surface area (TPSA) is 107 Å². The van der Waals surface area contributed by atoms with Crippen LogP contribution in [0.4, 0.5) is 32.0 Å². The smallest absolute Gasteiger partial charge is 0.416 e. The molecule has 15 heteroatoms. The van der Waals surface area contributed by atoms with Crippen molar-refractivity contribution in [2.45, 2.75) is 25.7 Å². The third-order valence-corrected chi connectivity index (χ3v) is 7.70. The van der Waals surface area contributed by atoms with Gasteiger partial charge in [-0.3, -0.25) is 14.5 Å². The van der Waals surface area contributed by atoms with Crippen molar-refractivity contribution in [3.63, 3.8) is 0 Å². The molecule has 7 nitrogen and oxygen atoms in total. The van der Waals surface area contributed by atoms with Gasteiger partial charge in [0.05, 0.1) is 21.6 Å². The van der Waals surface area contributed by atoms with E-state index in [2.05, 4.69) is 5.32 Å². The highest BCUT2D eigenvalue weighted by Crippen LogP contribution is 2.43. The summed E-state index contributed by atoms with van der Waals surface area (Å²) in [6.45, 7) is 1.38. The maximum absolute atomic E-state index is 13.4. The van der Waals surface area contributed by atoms with Crippen LogP contribution in [0.25, 0.3) is 17.2 Å². The van der Waals surface area contributed by atoms with E-state index in [0.717, 1.165) is 16.7 Å². The van der Waals surface area contributed by atoms with E-state index in [9.17, 15) is 45.8 Å². The molecule has 3 N–H and O–H groups in total. The van der Waals surface area contributed by atoms with Gasteiger partial charge in [0, 0.05) is 29.8 Å². The Balaban J connectivity index is 1.57. The van der Waals surface area contributed by atoms with Gasteiger partial charge in [-0.15, -0.1) is 0 Å².